The predicted octanol–water partition coefficient (Wildman–Crippen LogP) is 2.87. The fourth-order valence-corrected chi connectivity index (χ4v) is 2.09. The number of benzene rings is 2. The summed E-state index contributed by atoms with van der Waals surface area (Å²) in [7, 11) is 1.68. The fraction of sp³-hybridized carbons (Fsp3) is 0.222. The van der Waals surface area contributed by atoms with E-state index in [9.17, 15) is 4.39 Å². The van der Waals surface area contributed by atoms with Crippen LogP contribution in [0.25, 0.3) is 0 Å². The number of aliphatic imine (C=N–C) groups is 1. The zero-order chi connectivity index (χ0) is 16.7. The van der Waals surface area contributed by atoms with Crippen molar-refractivity contribution in [2.75, 3.05) is 7.05 Å². The maximum Gasteiger partial charge on any atom is 0.191 e. The van der Waals surface area contributed by atoms with Gasteiger partial charge in [0.05, 0.1) is 11.6 Å². The topological polar surface area (TPSA) is 60.2 Å². The van der Waals surface area contributed by atoms with Crippen molar-refractivity contribution in [1.29, 1.82) is 5.26 Å². The summed E-state index contributed by atoms with van der Waals surface area (Å²) in [5.41, 5.74) is 3.10. The minimum atomic E-state index is -0.208. The maximum absolute atomic E-state index is 13.5. The van der Waals surface area contributed by atoms with Crippen molar-refractivity contribution in [2.45, 2.75) is 20.0 Å². The van der Waals surface area contributed by atoms with Gasteiger partial charge in [0.15, 0.2) is 5.96 Å². The summed E-state index contributed by atoms with van der Waals surface area (Å²) < 4.78 is 13.5. The van der Waals surface area contributed by atoms with Crippen LogP contribution in [0.15, 0.2) is 47.5 Å². The molecule has 2 N–H and O–H groups in total. The normalized spacial score (nSPS) is 11.0. The number of hydrogen-bond acceptors (Lipinski definition) is 2. The van der Waals surface area contributed by atoms with Crippen molar-refractivity contribution < 1.29 is 4.39 Å². The van der Waals surface area contributed by atoms with Crippen LogP contribution < -0.4 is 10.6 Å². The van der Waals surface area contributed by atoms with Crippen LogP contribution in [-0.2, 0) is 13.1 Å². The highest BCUT2D eigenvalue weighted by Gasteiger charge is 2.02. The number of nitriles is 1. The van der Waals surface area contributed by atoms with Gasteiger partial charge in [-0.25, -0.2) is 4.39 Å². The van der Waals surface area contributed by atoms with Crippen LogP contribution >= 0.6 is 0 Å². The zero-order valence-electron chi connectivity index (χ0n) is 13.2. The molecule has 0 aliphatic rings. The summed E-state index contributed by atoms with van der Waals surface area (Å²) in [5, 5.41) is 15.2. The quantitative estimate of drug-likeness (QED) is 0.674. The molecular formula is C18H19FN4. The predicted molar refractivity (Wildman–Crippen MR) is 89.3 cm³/mol. The number of nitrogens with one attached hydrogen (secondary N) is 2. The Kier molecular flexibility index (Phi) is 5.70. The Balaban J connectivity index is 1.90. The third-order valence-corrected chi connectivity index (χ3v) is 3.44. The average Bonchev–Trinajstić information content (AvgIpc) is 2.58. The van der Waals surface area contributed by atoms with Gasteiger partial charge in [0.2, 0.25) is 0 Å². The molecular weight excluding hydrogens is 291 g/mol. The summed E-state index contributed by atoms with van der Waals surface area (Å²) >= 11 is 0. The molecule has 0 aliphatic heterocycles. The number of hydrogen-bond donors (Lipinski definition) is 2. The highest BCUT2D eigenvalue weighted by atomic mass is 19.1. The number of rotatable bonds is 4. The van der Waals surface area contributed by atoms with E-state index in [0.717, 1.165) is 11.1 Å². The highest BCUT2D eigenvalue weighted by molar-refractivity contribution is 5.79. The Morgan fingerprint density at radius 2 is 1.83 bits per heavy atom. The van der Waals surface area contributed by atoms with Crippen molar-refractivity contribution in [2.24, 2.45) is 4.99 Å². The van der Waals surface area contributed by atoms with E-state index in [4.69, 9.17) is 5.26 Å². The molecule has 0 bridgehead atoms. The lowest BCUT2D eigenvalue weighted by Crippen LogP contribution is -2.36. The van der Waals surface area contributed by atoms with Gasteiger partial charge in [0.1, 0.15) is 5.82 Å². The molecule has 0 fully saturated rings. The van der Waals surface area contributed by atoms with Crippen molar-refractivity contribution in [3.8, 4) is 6.07 Å². The summed E-state index contributed by atoms with van der Waals surface area (Å²) in [5.74, 6) is 0.411. The molecule has 2 rings (SSSR count). The van der Waals surface area contributed by atoms with Gasteiger partial charge in [-0.1, -0.05) is 24.3 Å². The first-order chi connectivity index (χ1) is 11.1. The van der Waals surface area contributed by atoms with Gasteiger partial charge >= 0.3 is 0 Å². The van der Waals surface area contributed by atoms with Crippen molar-refractivity contribution >= 4 is 5.96 Å². The van der Waals surface area contributed by atoms with E-state index in [1.807, 2.05) is 24.3 Å². The molecule has 0 saturated heterocycles. The molecule has 5 heteroatoms. The van der Waals surface area contributed by atoms with Gasteiger partial charge in [0, 0.05) is 20.1 Å². The lowest BCUT2D eigenvalue weighted by Gasteiger charge is -2.12. The third kappa shape index (κ3) is 4.82. The number of guanidine groups is 1. The van der Waals surface area contributed by atoms with Crippen LogP contribution in [0.3, 0.4) is 0 Å². The van der Waals surface area contributed by atoms with Crippen molar-refractivity contribution in [3.63, 3.8) is 0 Å². The minimum absolute atomic E-state index is 0.208. The second-order valence-corrected chi connectivity index (χ2v) is 5.18. The second-order valence-electron chi connectivity index (χ2n) is 5.18. The zero-order valence-corrected chi connectivity index (χ0v) is 13.2. The van der Waals surface area contributed by atoms with Crippen LogP contribution in [0.4, 0.5) is 4.39 Å². The van der Waals surface area contributed by atoms with Crippen LogP contribution in [0, 0.1) is 24.1 Å². The van der Waals surface area contributed by atoms with E-state index in [1.165, 1.54) is 6.07 Å². The largest absolute Gasteiger partial charge is 0.352 e. The maximum atomic E-state index is 13.5. The minimum Gasteiger partial charge on any atom is -0.352 e. The Labute approximate surface area is 135 Å². The van der Waals surface area contributed by atoms with Gasteiger partial charge in [-0.05, 0) is 41.8 Å². The van der Waals surface area contributed by atoms with Gasteiger partial charge < -0.3 is 10.6 Å². The molecule has 0 aromatic heterocycles. The Morgan fingerprint density at radius 1 is 1.13 bits per heavy atom. The summed E-state index contributed by atoms with van der Waals surface area (Å²) in [4.78, 5) is 4.14. The van der Waals surface area contributed by atoms with Gasteiger partial charge in [-0.2, -0.15) is 5.26 Å². The molecule has 0 radical (unpaired) electrons. The van der Waals surface area contributed by atoms with Gasteiger partial charge in [0.25, 0.3) is 0 Å². The SMILES string of the molecule is CN=C(NCc1cccc(C#N)c1)NCc1ccc(C)c(F)c1. The number of nitrogens with zero attached hydrogens (tertiary/aromatic N) is 2. The first-order valence-electron chi connectivity index (χ1n) is 7.31. The first kappa shape index (κ1) is 16.5. The highest BCUT2D eigenvalue weighted by Crippen LogP contribution is 2.09. The van der Waals surface area contributed by atoms with E-state index in [1.54, 1.807) is 26.1 Å². The standard InChI is InChI=1S/C18H19FN4/c1-13-6-7-16(9-17(13)19)12-23-18(21-2)22-11-15-5-3-4-14(8-15)10-20/h3-9H,11-12H2,1-2H3,(H2,21,22,23). The van der Waals surface area contributed by atoms with E-state index in [2.05, 4.69) is 21.7 Å². The average molecular weight is 310 g/mol. The van der Waals surface area contributed by atoms with Crippen molar-refractivity contribution in [1.82, 2.24) is 10.6 Å². The number of aryl methyl sites for hydroxylation is 1. The van der Waals surface area contributed by atoms with Gasteiger partial charge in [-0.15, -0.1) is 0 Å². The molecule has 0 amide bonds. The Bertz CT molecular complexity index is 747. The lowest BCUT2D eigenvalue weighted by atomic mass is 10.1. The molecule has 0 unspecified atom stereocenters. The molecule has 0 saturated carbocycles. The molecule has 23 heavy (non-hydrogen) atoms. The van der Waals surface area contributed by atoms with E-state index >= 15 is 0 Å². The molecule has 0 spiro atoms. The van der Waals surface area contributed by atoms with Crippen LogP contribution in [0.5, 0.6) is 0 Å². The molecule has 4 nitrogen and oxygen atoms in total. The molecule has 0 atom stereocenters. The van der Waals surface area contributed by atoms with Crippen molar-refractivity contribution in [3.05, 3.63) is 70.5 Å². The smallest absolute Gasteiger partial charge is 0.191 e. The van der Waals surface area contributed by atoms with Crippen LogP contribution in [-0.4, -0.2) is 13.0 Å². The Morgan fingerprint density at radius 3 is 2.43 bits per heavy atom. The lowest BCUT2D eigenvalue weighted by molar-refractivity contribution is 0.615. The molecule has 0 heterocycles. The fourth-order valence-electron chi connectivity index (χ4n) is 2.09. The summed E-state index contributed by atoms with van der Waals surface area (Å²) in [6, 6.07) is 14.7. The monoisotopic (exact) mass is 310 g/mol. The van der Waals surface area contributed by atoms with E-state index < -0.39 is 0 Å². The first-order valence-corrected chi connectivity index (χ1v) is 7.31. The summed E-state index contributed by atoms with van der Waals surface area (Å²) in [6.07, 6.45) is 0. The van der Waals surface area contributed by atoms with Crippen LogP contribution in [0.1, 0.15) is 22.3 Å². The van der Waals surface area contributed by atoms with E-state index in [-0.39, 0.29) is 5.82 Å². The third-order valence-electron chi connectivity index (χ3n) is 3.44. The molecule has 118 valence electrons. The summed E-state index contributed by atoms with van der Waals surface area (Å²) in [6.45, 7) is 2.77. The van der Waals surface area contributed by atoms with E-state index in [0.29, 0.717) is 30.2 Å². The van der Waals surface area contributed by atoms with Gasteiger partial charge in [-0.3, -0.25) is 4.99 Å². The van der Waals surface area contributed by atoms with Crippen LogP contribution in [0.2, 0.25) is 0 Å². The second kappa shape index (κ2) is 7.95. The Hall–Kier alpha value is -2.87. The molecule has 2 aromatic rings. The number of halogens is 1. The molecule has 2 aromatic carbocycles. The molecule has 0 aliphatic carbocycles.